The van der Waals surface area contributed by atoms with Gasteiger partial charge in [-0.2, -0.15) is 0 Å². The van der Waals surface area contributed by atoms with Gasteiger partial charge in [0.15, 0.2) is 0 Å². The standard InChI is InChI=1S/C21H17ClN2O5S/c1-24-14(11-28-21(24)27)8-12-2-5-15(6-3-12)29-17-7-4-13(9-16(17)22)10-18-19(25)23-20(26)30-18/h2-7,9-10,14H,8,11H2,1H3,(H,23,25,26)/b18-10+. The summed E-state index contributed by atoms with van der Waals surface area (Å²) in [5.74, 6) is 0.678. The van der Waals surface area contributed by atoms with Crippen molar-refractivity contribution in [2.75, 3.05) is 13.7 Å². The minimum absolute atomic E-state index is 0.0239. The number of carbonyl (C=O) groups is 3. The van der Waals surface area contributed by atoms with Crippen LogP contribution in [0.4, 0.5) is 9.59 Å². The van der Waals surface area contributed by atoms with E-state index in [4.69, 9.17) is 21.1 Å². The molecule has 1 unspecified atom stereocenters. The molecule has 0 spiro atoms. The Labute approximate surface area is 182 Å². The normalized spacial score (nSPS) is 19.9. The van der Waals surface area contributed by atoms with Crippen molar-refractivity contribution in [1.29, 1.82) is 0 Å². The maximum atomic E-state index is 11.6. The molecule has 0 bridgehead atoms. The minimum atomic E-state index is -0.415. The Morgan fingerprint density at radius 1 is 1.23 bits per heavy atom. The molecule has 2 heterocycles. The number of nitrogens with one attached hydrogen (secondary N) is 1. The molecule has 0 saturated carbocycles. The molecule has 2 aromatic rings. The van der Waals surface area contributed by atoms with E-state index < -0.39 is 5.91 Å². The predicted molar refractivity (Wildman–Crippen MR) is 114 cm³/mol. The highest BCUT2D eigenvalue weighted by molar-refractivity contribution is 8.18. The molecule has 9 heteroatoms. The number of cyclic esters (lactones) is 1. The lowest BCUT2D eigenvalue weighted by atomic mass is 10.1. The van der Waals surface area contributed by atoms with Crippen molar-refractivity contribution in [3.8, 4) is 11.5 Å². The topological polar surface area (TPSA) is 84.9 Å². The van der Waals surface area contributed by atoms with Gasteiger partial charge in [0.2, 0.25) is 0 Å². The van der Waals surface area contributed by atoms with Crippen LogP contribution in [0.25, 0.3) is 6.08 Å². The van der Waals surface area contributed by atoms with Gasteiger partial charge in [0.05, 0.1) is 16.0 Å². The number of ether oxygens (including phenoxy) is 2. The van der Waals surface area contributed by atoms with E-state index in [2.05, 4.69) is 5.32 Å². The van der Waals surface area contributed by atoms with Gasteiger partial charge in [0.1, 0.15) is 18.1 Å². The molecule has 3 amide bonds. The molecule has 2 aromatic carbocycles. The highest BCUT2D eigenvalue weighted by Gasteiger charge is 2.29. The lowest BCUT2D eigenvalue weighted by Crippen LogP contribution is -2.30. The molecular weight excluding hydrogens is 428 g/mol. The summed E-state index contributed by atoms with van der Waals surface area (Å²) in [7, 11) is 1.73. The Balaban J connectivity index is 1.42. The number of halogens is 1. The summed E-state index contributed by atoms with van der Waals surface area (Å²) in [5.41, 5.74) is 1.75. The molecule has 0 aromatic heterocycles. The van der Waals surface area contributed by atoms with Crippen molar-refractivity contribution >= 4 is 46.7 Å². The van der Waals surface area contributed by atoms with E-state index in [-0.39, 0.29) is 17.4 Å². The van der Waals surface area contributed by atoms with Crippen LogP contribution in [0, 0.1) is 0 Å². The summed E-state index contributed by atoms with van der Waals surface area (Å²) >= 11 is 7.18. The van der Waals surface area contributed by atoms with Crippen LogP contribution in [0.5, 0.6) is 11.5 Å². The molecule has 0 aliphatic carbocycles. The number of hydrogen-bond donors (Lipinski definition) is 1. The average Bonchev–Trinajstić information content (AvgIpc) is 3.20. The highest BCUT2D eigenvalue weighted by Crippen LogP contribution is 2.32. The summed E-state index contributed by atoms with van der Waals surface area (Å²) in [6.45, 7) is 0.389. The molecule has 2 aliphatic heterocycles. The first-order chi connectivity index (χ1) is 14.4. The van der Waals surface area contributed by atoms with Crippen LogP contribution in [0.3, 0.4) is 0 Å². The SMILES string of the molecule is CN1C(=O)OCC1Cc1ccc(Oc2ccc(/C=C3/SC(=O)NC3=O)cc2Cl)cc1. The van der Waals surface area contributed by atoms with Gasteiger partial charge in [0, 0.05) is 7.05 Å². The zero-order chi connectivity index (χ0) is 21.3. The smallest absolute Gasteiger partial charge is 0.409 e. The van der Waals surface area contributed by atoms with Gasteiger partial charge < -0.3 is 14.4 Å². The lowest BCUT2D eigenvalue weighted by Gasteiger charge is -2.16. The van der Waals surface area contributed by atoms with Gasteiger partial charge in [-0.1, -0.05) is 29.8 Å². The number of hydrogen-bond acceptors (Lipinski definition) is 6. The van der Waals surface area contributed by atoms with E-state index in [9.17, 15) is 14.4 Å². The van der Waals surface area contributed by atoms with Gasteiger partial charge >= 0.3 is 6.09 Å². The maximum Gasteiger partial charge on any atom is 0.409 e. The molecule has 2 fully saturated rings. The van der Waals surface area contributed by atoms with E-state index in [0.29, 0.717) is 40.0 Å². The number of carbonyl (C=O) groups excluding carboxylic acids is 3. The Morgan fingerprint density at radius 3 is 2.60 bits per heavy atom. The van der Waals surface area contributed by atoms with Crippen LogP contribution in [-0.2, 0) is 16.0 Å². The first-order valence-corrected chi connectivity index (χ1v) is 10.3. The monoisotopic (exact) mass is 444 g/mol. The Bertz CT molecular complexity index is 1050. The van der Waals surface area contributed by atoms with Gasteiger partial charge in [0.25, 0.3) is 11.1 Å². The minimum Gasteiger partial charge on any atom is -0.456 e. The van der Waals surface area contributed by atoms with Crippen LogP contribution < -0.4 is 10.1 Å². The van der Waals surface area contributed by atoms with Crippen LogP contribution in [0.15, 0.2) is 47.4 Å². The van der Waals surface area contributed by atoms with E-state index in [1.807, 2.05) is 24.3 Å². The van der Waals surface area contributed by atoms with Crippen molar-refractivity contribution in [3.05, 3.63) is 63.5 Å². The van der Waals surface area contributed by atoms with Crippen LogP contribution >= 0.6 is 23.4 Å². The third kappa shape index (κ3) is 4.44. The molecule has 2 saturated heterocycles. The number of benzene rings is 2. The number of likely N-dealkylation sites (N-methyl/N-ethyl adjacent to an activating group) is 1. The number of imide groups is 1. The van der Waals surface area contributed by atoms with Crippen molar-refractivity contribution in [1.82, 2.24) is 10.2 Å². The number of thioether (sulfide) groups is 1. The van der Waals surface area contributed by atoms with E-state index in [1.165, 1.54) is 0 Å². The fourth-order valence-corrected chi connectivity index (χ4v) is 3.99. The average molecular weight is 445 g/mol. The second-order valence-electron chi connectivity index (χ2n) is 6.83. The van der Waals surface area contributed by atoms with E-state index in [0.717, 1.165) is 17.3 Å². The zero-order valence-corrected chi connectivity index (χ0v) is 17.5. The number of amides is 3. The van der Waals surface area contributed by atoms with Gasteiger partial charge in [-0.05, 0) is 59.7 Å². The zero-order valence-electron chi connectivity index (χ0n) is 15.9. The number of nitrogens with zero attached hydrogens (tertiary/aromatic N) is 1. The van der Waals surface area contributed by atoms with Crippen LogP contribution in [0.1, 0.15) is 11.1 Å². The Morgan fingerprint density at radius 2 is 2.00 bits per heavy atom. The van der Waals surface area contributed by atoms with Crippen molar-refractivity contribution < 1.29 is 23.9 Å². The van der Waals surface area contributed by atoms with Crippen molar-refractivity contribution in [2.45, 2.75) is 12.5 Å². The van der Waals surface area contributed by atoms with E-state index >= 15 is 0 Å². The van der Waals surface area contributed by atoms with E-state index in [1.54, 1.807) is 36.2 Å². The summed E-state index contributed by atoms with van der Waals surface area (Å²) in [5, 5.41) is 2.20. The molecule has 2 aliphatic rings. The number of rotatable bonds is 5. The van der Waals surface area contributed by atoms with Crippen molar-refractivity contribution in [2.24, 2.45) is 0 Å². The maximum absolute atomic E-state index is 11.6. The summed E-state index contributed by atoms with van der Waals surface area (Å²) in [6, 6.07) is 12.7. The molecule has 1 N–H and O–H groups in total. The summed E-state index contributed by atoms with van der Waals surface area (Å²) in [4.78, 5) is 36.3. The molecule has 30 heavy (non-hydrogen) atoms. The summed E-state index contributed by atoms with van der Waals surface area (Å²) < 4.78 is 10.9. The molecule has 0 radical (unpaired) electrons. The third-order valence-corrected chi connectivity index (χ3v) is 5.86. The first kappa shape index (κ1) is 20.3. The highest BCUT2D eigenvalue weighted by atomic mass is 35.5. The first-order valence-electron chi connectivity index (χ1n) is 9.10. The molecule has 1 atom stereocenters. The largest absolute Gasteiger partial charge is 0.456 e. The lowest BCUT2D eigenvalue weighted by molar-refractivity contribution is -0.115. The Kier molecular flexibility index (Phi) is 5.69. The molecular formula is C21H17ClN2O5S. The Hall–Kier alpha value is -2.97. The third-order valence-electron chi connectivity index (χ3n) is 4.75. The fourth-order valence-electron chi connectivity index (χ4n) is 3.08. The van der Waals surface area contributed by atoms with Gasteiger partial charge in [-0.3, -0.25) is 14.9 Å². The van der Waals surface area contributed by atoms with Crippen LogP contribution in [0.2, 0.25) is 5.02 Å². The van der Waals surface area contributed by atoms with Crippen LogP contribution in [-0.4, -0.2) is 41.8 Å². The van der Waals surface area contributed by atoms with Crippen molar-refractivity contribution in [3.63, 3.8) is 0 Å². The fraction of sp³-hybridized carbons (Fsp3) is 0.190. The molecule has 154 valence electrons. The quantitative estimate of drug-likeness (QED) is 0.686. The van der Waals surface area contributed by atoms with Gasteiger partial charge in [-0.15, -0.1) is 0 Å². The predicted octanol–water partition coefficient (Wildman–Crippen LogP) is 4.45. The molecule has 4 rings (SSSR count). The molecule has 7 nitrogen and oxygen atoms in total. The van der Waals surface area contributed by atoms with Gasteiger partial charge in [-0.25, -0.2) is 4.79 Å². The summed E-state index contributed by atoms with van der Waals surface area (Å²) in [6.07, 6.45) is 2.00. The second-order valence-corrected chi connectivity index (χ2v) is 8.26. The second kappa shape index (κ2) is 8.41.